The summed E-state index contributed by atoms with van der Waals surface area (Å²) in [6, 6.07) is -0.530. The number of carbonyl (C=O) groups is 2. The number of thioether (sulfide) groups is 1. The highest BCUT2D eigenvalue weighted by atomic mass is 32.2. The fourth-order valence-corrected chi connectivity index (χ4v) is 5.45. The van der Waals surface area contributed by atoms with Gasteiger partial charge >= 0.3 is 6.03 Å². The number of aryl methyl sites for hydroxylation is 2. The maximum absolute atomic E-state index is 13.2. The molecule has 3 amide bonds. The van der Waals surface area contributed by atoms with Crippen LogP contribution in [0.25, 0.3) is 10.2 Å². The summed E-state index contributed by atoms with van der Waals surface area (Å²) >= 11 is 2.75. The first-order chi connectivity index (χ1) is 13.5. The van der Waals surface area contributed by atoms with E-state index in [1.807, 2.05) is 0 Å². The molecule has 150 valence electrons. The van der Waals surface area contributed by atoms with Gasteiger partial charge in [-0.15, -0.1) is 17.9 Å². The Morgan fingerprint density at radius 3 is 2.86 bits per heavy atom. The molecule has 0 fully saturated rings. The van der Waals surface area contributed by atoms with Crippen molar-refractivity contribution in [1.29, 1.82) is 0 Å². The molecule has 0 aliphatic heterocycles. The highest BCUT2D eigenvalue weighted by Gasteiger charge is 2.24. The second kappa shape index (κ2) is 8.91. The molecule has 2 aromatic rings. The Bertz CT molecular complexity index is 980. The van der Waals surface area contributed by atoms with Crippen LogP contribution in [-0.2, 0) is 24.2 Å². The van der Waals surface area contributed by atoms with E-state index in [1.165, 1.54) is 16.6 Å². The quantitative estimate of drug-likeness (QED) is 0.426. The van der Waals surface area contributed by atoms with Crippen molar-refractivity contribution in [3.05, 3.63) is 33.4 Å². The Hall–Kier alpha value is -2.13. The number of fused-ring (bicyclic) bond motifs is 3. The van der Waals surface area contributed by atoms with Crippen LogP contribution in [0.4, 0.5) is 4.79 Å². The molecule has 9 heteroatoms. The first-order valence-corrected chi connectivity index (χ1v) is 11.1. The Balaban J connectivity index is 1.95. The Morgan fingerprint density at radius 1 is 1.39 bits per heavy atom. The fourth-order valence-electron chi connectivity index (χ4n) is 3.23. The van der Waals surface area contributed by atoms with Crippen LogP contribution in [0.5, 0.6) is 0 Å². The number of thiophene rings is 1. The van der Waals surface area contributed by atoms with E-state index in [4.69, 9.17) is 4.98 Å². The molecule has 0 unspecified atom stereocenters. The smallest absolute Gasteiger partial charge is 0.321 e. The van der Waals surface area contributed by atoms with E-state index < -0.39 is 17.2 Å². The molecule has 0 spiro atoms. The van der Waals surface area contributed by atoms with Crippen molar-refractivity contribution in [3.8, 4) is 0 Å². The number of imide groups is 1. The van der Waals surface area contributed by atoms with E-state index in [-0.39, 0.29) is 5.56 Å². The van der Waals surface area contributed by atoms with E-state index in [2.05, 4.69) is 17.2 Å². The number of rotatable bonds is 6. The van der Waals surface area contributed by atoms with E-state index in [0.29, 0.717) is 23.6 Å². The van der Waals surface area contributed by atoms with Gasteiger partial charge in [0.1, 0.15) is 4.83 Å². The summed E-state index contributed by atoms with van der Waals surface area (Å²) in [6.45, 7) is 7.95. The normalized spacial score (nSPS) is 14.4. The maximum atomic E-state index is 13.2. The summed E-state index contributed by atoms with van der Waals surface area (Å²) in [5, 5.41) is 5.42. The van der Waals surface area contributed by atoms with Gasteiger partial charge in [-0.05, 0) is 45.1 Å². The van der Waals surface area contributed by atoms with Crippen molar-refractivity contribution in [3.63, 3.8) is 0 Å². The molecule has 0 radical (unpaired) electrons. The molecule has 2 N–H and O–H groups in total. The van der Waals surface area contributed by atoms with Crippen LogP contribution in [-0.4, -0.2) is 33.3 Å². The Morgan fingerprint density at radius 2 is 2.14 bits per heavy atom. The van der Waals surface area contributed by atoms with Crippen LogP contribution in [0.2, 0.25) is 0 Å². The monoisotopic (exact) mass is 420 g/mol. The maximum Gasteiger partial charge on any atom is 0.321 e. The number of nitrogens with zero attached hydrogens (tertiary/aromatic N) is 2. The van der Waals surface area contributed by atoms with Crippen molar-refractivity contribution in [1.82, 2.24) is 20.2 Å². The van der Waals surface area contributed by atoms with Crippen molar-refractivity contribution in [2.45, 2.75) is 56.5 Å². The third kappa shape index (κ3) is 4.15. The lowest BCUT2D eigenvalue weighted by Crippen LogP contribution is -2.42. The summed E-state index contributed by atoms with van der Waals surface area (Å²) in [5.74, 6) is -0.430. The summed E-state index contributed by atoms with van der Waals surface area (Å²) in [7, 11) is 0. The number of urea groups is 1. The van der Waals surface area contributed by atoms with Crippen LogP contribution in [0, 0.1) is 0 Å². The lowest BCUT2D eigenvalue weighted by Gasteiger charge is -2.15. The molecule has 0 saturated carbocycles. The third-order valence-electron chi connectivity index (χ3n) is 4.58. The van der Waals surface area contributed by atoms with Crippen molar-refractivity contribution in [2.24, 2.45) is 0 Å². The van der Waals surface area contributed by atoms with Gasteiger partial charge in [-0.25, -0.2) is 9.78 Å². The number of hydrogen-bond donors (Lipinski definition) is 2. The van der Waals surface area contributed by atoms with E-state index >= 15 is 0 Å². The second-order valence-corrected chi connectivity index (χ2v) is 8.99. The number of hydrogen-bond acceptors (Lipinski definition) is 6. The predicted octanol–water partition coefficient (Wildman–Crippen LogP) is 2.85. The molecule has 3 rings (SSSR count). The molecular weight excluding hydrogens is 396 g/mol. The van der Waals surface area contributed by atoms with E-state index in [9.17, 15) is 14.4 Å². The summed E-state index contributed by atoms with van der Waals surface area (Å²) in [5.41, 5.74) is 1.06. The molecule has 28 heavy (non-hydrogen) atoms. The second-order valence-electron chi connectivity index (χ2n) is 6.60. The minimum absolute atomic E-state index is 0.0804. The average molecular weight is 421 g/mol. The SMILES string of the molecule is C=CCn1c(S[C@@H](C)C(=O)NC(=O)NCC)nc2sc3c(c2c1=O)CCCC3. The Kier molecular flexibility index (Phi) is 6.56. The van der Waals surface area contributed by atoms with Gasteiger partial charge in [-0.2, -0.15) is 0 Å². The van der Waals surface area contributed by atoms with Crippen LogP contribution >= 0.6 is 23.1 Å². The van der Waals surface area contributed by atoms with Crippen molar-refractivity contribution < 1.29 is 9.59 Å². The molecule has 1 atom stereocenters. The fraction of sp³-hybridized carbons (Fsp3) is 0.474. The number of nitrogens with one attached hydrogen (secondary N) is 2. The van der Waals surface area contributed by atoms with Crippen LogP contribution in [0.3, 0.4) is 0 Å². The molecule has 0 aromatic carbocycles. The standard InChI is InChI=1S/C19H24N4O3S2/c1-4-10-23-17(25)14-12-8-6-7-9-13(12)28-16(14)22-19(23)27-11(3)15(24)21-18(26)20-5-2/h4,11H,1,5-10H2,2-3H3,(H2,20,21,24,26)/t11-/m0/s1. The largest absolute Gasteiger partial charge is 0.338 e. The van der Waals surface area contributed by atoms with Crippen LogP contribution in [0.1, 0.15) is 37.1 Å². The van der Waals surface area contributed by atoms with Gasteiger partial charge in [0.25, 0.3) is 5.56 Å². The molecule has 1 aliphatic rings. The molecule has 0 bridgehead atoms. The van der Waals surface area contributed by atoms with E-state index in [1.54, 1.807) is 35.8 Å². The lowest BCUT2D eigenvalue weighted by atomic mass is 9.97. The lowest BCUT2D eigenvalue weighted by molar-refractivity contribution is -0.119. The van der Waals surface area contributed by atoms with E-state index in [0.717, 1.165) is 36.1 Å². The number of allylic oxidation sites excluding steroid dienone is 1. The van der Waals surface area contributed by atoms with Gasteiger partial charge in [-0.1, -0.05) is 17.8 Å². The Labute approximate surface area is 171 Å². The molecule has 2 aromatic heterocycles. The van der Waals surface area contributed by atoms with Gasteiger partial charge in [0.2, 0.25) is 5.91 Å². The molecular formula is C19H24N4O3S2. The van der Waals surface area contributed by atoms with Gasteiger partial charge in [0, 0.05) is 18.0 Å². The summed E-state index contributed by atoms with van der Waals surface area (Å²) in [4.78, 5) is 43.8. The molecule has 0 saturated heterocycles. The third-order valence-corrected chi connectivity index (χ3v) is 6.85. The van der Waals surface area contributed by atoms with Crippen molar-refractivity contribution in [2.75, 3.05) is 6.54 Å². The zero-order valence-corrected chi connectivity index (χ0v) is 17.7. The number of aromatic nitrogens is 2. The predicted molar refractivity (Wildman–Crippen MR) is 113 cm³/mol. The number of amides is 3. The zero-order valence-electron chi connectivity index (χ0n) is 16.0. The average Bonchev–Trinajstić information content (AvgIpc) is 3.03. The summed E-state index contributed by atoms with van der Waals surface area (Å²) in [6.07, 6.45) is 5.78. The first kappa shape index (κ1) is 20.6. The minimum Gasteiger partial charge on any atom is -0.338 e. The highest BCUT2D eigenvalue weighted by molar-refractivity contribution is 8.00. The van der Waals surface area contributed by atoms with Gasteiger partial charge < -0.3 is 5.32 Å². The topological polar surface area (TPSA) is 93.1 Å². The molecule has 7 nitrogen and oxygen atoms in total. The van der Waals surface area contributed by atoms with Crippen molar-refractivity contribution >= 4 is 45.3 Å². The van der Waals surface area contributed by atoms with Crippen LogP contribution in [0.15, 0.2) is 22.6 Å². The molecule has 1 aliphatic carbocycles. The van der Waals surface area contributed by atoms with Crippen LogP contribution < -0.4 is 16.2 Å². The zero-order chi connectivity index (χ0) is 20.3. The molecule has 2 heterocycles. The summed E-state index contributed by atoms with van der Waals surface area (Å²) < 4.78 is 1.57. The van der Waals surface area contributed by atoms with Gasteiger partial charge in [-0.3, -0.25) is 19.5 Å². The number of carbonyl (C=O) groups excluding carboxylic acids is 2. The van der Waals surface area contributed by atoms with Gasteiger partial charge in [0.05, 0.1) is 10.6 Å². The highest BCUT2D eigenvalue weighted by Crippen LogP contribution is 2.35. The van der Waals surface area contributed by atoms with Gasteiger partial charge in [0.15, 0.2) is 5.16 Å². The minimum atomic E-state index is -0.586. The first-order valence-electron chi connectivity index (χ1n) is 9.37.